The predicted molar refractivity (Wildman–Crippen MR) is 85.1 cm³/mol. The quantitative estimate of drug-likeness (QED) is 0.761. The van der Waals surface area contributed by atoms with Crippen LogP contribution in [0.1, 0.15) is 11.5 Å². The van der Waals surface area contributed by atoms with Gasteiger partial charge in [0, 0.05) is 31.4 Å². The van der Waals surface area contributed by atoms with Crippen molar-refractivity contribution in [3.05, 3.63) is 35.9 Å². The first-order valence-corrected chi connectivity index (χ1v) is 7.79. The van der Waals surface area contributed by atoms with E-state index in [0.29, 0.717) is 38.0 Å². The maximum Gasteiger partial charge on any atom is 0.321 e. The average Bonchev–Trinajstić information content (AvgIpc) is 2.63. The van der Waals surface area contributed by atoms with Gasteiger partial charge in [0.05, 0.1) is 19.8 Å². The Morgan fingerprint density at radius 1 is 1.21 bits per heavy atom. The Hall–Kier alpha value is -2.68. The summed E-state index contributed by atoms with van der Waals surface area (Å²) in [4.78, 5) is 19.2. The summed E-state index contributed by atoms with van der Waals surface area (Å²) in [5, 5.41) is 3.35. The van der Waals surface area contributed by atoms with Crippen molar-refractivity contribution in [2.24, 2.45) is 5.11 Å². The van der Waals surface area contributed by atoms with Crippen LogP contribution in [0.3, 0.4) is 0 Å². The highest BCUT2D eigenvalue weighted by Gasteiger charge is 2.17. The summed E-state index contributed by atoms with van der Waals surface area (Å²) in [6.45, 7) is 3.24. The fourth-order valence-electron chi connectivity index (χ4n) is 2.29. The molecule has 24 heavy (non-hydrogen) atoms. The smallest absolute Gasteiger partial charge is 0.321 e. The molecule has 9 nitrogen and oxygen atoms in total. The number of hydrogen-bond donors (Lipinski definition) is 1. The zero-order valence-corrected chi connectivity index (χ0v) is 13.3. The van der Waals surface area contributed by atoms with E-state index < -0.39 is 0 Å². The first-order chi connectivity index (χ1) is 11.8. The predicted octanol–water partition coefficient (Wildman–Crippen LogP) is 1.26. The normalized spacial score (nSPS) is 14.4. The SMILES string of the molecule is N=NCc1nc(OCCc2ccccn2)nc(N2CCOCC2)n1. The molecule has 0 saturated carbocycles. The lowest BCUT2D eigenvalue weighted by Gasteiger charge is -2.26. The minimum absolute atomic E-state index is 0.108. The maximum atomic E-state index is 7.02. The maximum absolute atomic E-state index is 7.02. The molecule has 126 valence electrons. The largest absolute Gasteiger partial charge is 0.463 e. The molecule has 1 saturated heterocycles. The van der Waals surface area contributed by atoms with Gasteiger partial charge < -0.3 is 14.4 Å². The lowest BCUT2D eigenvalue weighted by Crippen LogP contribution is -2.37. The van der Waals surface area contributed by atoms with E-state index >= 15 is 0 Å². The second kappa shape index (κ2) is 8.25. The fraction of sp³-hybridized carbons (Fsp3) is 0.467. The molecular formula is C15H19N7O2. The topological polar surface area (TPSA) is 109 Å². The highest BCUT2D eigenvalue weighted by molar-refractivity contribution is 5.31. The van der Waals surface area contributed by atoms with Crippen molar-refractivity contribution < 1.29 is 9.47 Å². The Morgan fingerprint density at radius 2 is 2.08 bits per heavy atom. The number of hydrogen-bond acceptors (Lipinski definition) is 9. The van der Waals surface area contributed by atoms with Gasteiger partial charge in [-0.1, -0.05) is 6.07 Å². The molecule has 9 heteroatoms. The third-order valence-corrected chi connectivity index (χ3v) is 3.48. The van der Waals surface area contributed by atoms with Crippen LogP contribution in [-0.4, -0.2) is 52.8 Å². The zero-order valence-electron chi connectivity index (χ0n) is 13.3. The molecule has 0 atom stereocenters. The van der Waals surface area contributed by atoms with Gasteiger partial charge in [0.1, 0.15) is 6.54 Å². The molecule has 0 bridgehead atoms. The van der Waals surface area contributed by atoms with E-state index in [4.69, 9.17) is 15.0 Å². The van der Waals surface area contributed by atoms with Crippen LogP contribution in [0.25, 0.3) is 0 Å². The molecule has 0 spiro atoms. The zero-order chi connectivity index (χ0) is 16.6. The van der Waals surface area contributed by atoms with Gasteiger partial charge in [-0.15, -0.1) is 0 Å². The van der Waals surface area contributed by atoms with Crippen LogP contribution in [0.2, 0.25) is 0 Å². The van der Waals surface area contributed by atoms with E-state index in [9.17, 15) is 0 Å². The number of aromatic nitrogens is 4. The Morgan fingerprint density at radius 3 is 2.83 bits per heavy atom. The van der Waals surface area contributed by atoms with E-state index in [1.54, 1.807) is 6.20 Å². The second-order valence-electron chi connectivity index (χ2n) is 5.17. The van der Waals surface area contributed by atoms with Crippen molar-refractivity contribution in [2.45, 2.75) is 13.0 Å². The van der Waals surface area contributed by atoms with Crippen molar-refractivity contribution in [2.75, 3.05) is 37.8 Å². The van der Waals surface area contributed by atoms with Crippen LogP contribution in [-0.2, 0) is 17.7 Å². The molecule has 1 fully saturated rings. The number of nitrogens with one attached hydrogen (secondary N) is 1. The van der Waals surface area contributed by atoms with Gasteiger partial charge in [-0.2, -0.15) is 20.1 Å². The number of morpholine rings is 1. The number of anilines is 1. The van der Waals surface area contributed by atoms with Gasteiger partial charge in [0.15, 0.2) is 5.82 Å². The summed E-state index contributed by atoms with van der Waals surface area (Å²) < 4.78 is 11.0. The number of nitrogens with zero attached hydrogens (tertiary/aromatic N) is 6. The van der Waals surface area contributed by atoms with Crippen molar-refractivity contribution in [1.82, 2.24) is 19.9 Å². The summed E-state index contributed by atoms with van der Waals surface area (Å²) in [6.07, 6.45) is 2.42. The molecule has 0 aromatic carbocycles. The summed E-state index contributed by atoms with van der Waals surface area (Å²) in [7, 11) is 0. The molecule has 3 heterocycles. The summed E-state index contributed by atoms with van der Waals surface area (Å²) in [5.41, 5.74) is 7.96. The molecule has 2 aromatic rings. The van der Waals surface area contributed by atoms with E-state index in [0.717, 1.165) is 18.8 Å². The molecule has 0 radical (unpaired) electrons. The highest BCUT2D eigenvalue weighted by Crippen LogP contribution is 2.14. The molecular weight excluding hydrogens is 310 g/mol. The molecule has 1 aliphatic rings. The Kier molecular flexibility index (Phi) is 5.56. The summed E-state index contributed by atoms with van der Waals surface area (Å²) in [5.74, 6) is 0.967. The van der Waals surface area contributed by atoms with Crippen molar-refractivity contribution in [3.8, 4) is 6.01 Å². The molecule has 2 aromatic heterocycles. The summed E-state index contributed by atoms with van der Waals surface area (Å²) >= 11 is 0. The van der Waals surface area contributed by atoms with Gasteiger partial charge in [-0.25, -0.2) is 5.53 Å². The first-order valence-electron chi connectivity index (χ1n) is 7.79. The highest BCUT2D eigenvalue weighted by atomic mass is 16.5. The number of pyridine rings is 1. The van der Waals surface area contributed by atoms with Gasteiger partial charge in [-0.3, -0.25) is 4.98 Å². The van der Waals surface area contributed by atoms with E-state index in [1.807, 2.05) is 23.1 Å². The van der Waals surface area contributed by atoms with Crippen LogP contribution < -0.4 is 9.64 Å². The average molecular weight is 329 g/mol. The molecule has 0 unspecified atom stereocenters. The van der Waals surface area contributed by atoms with Gasteiger partial charge in [0.25, 0.3) is 0 Å². The van der Waals surface area contributed by atoms with Gasteiger partial charge in [-0.05, 0) is 12.1 Å². The molecule has 3 rings (SSSR count). The lowest BCUT2D eigenvalue weighted by molar-refractivity contribution is 0.122. The third kappa shape index (κ3) is 4.42. The number of rotatable bonds is 7. The second-order valence-corrected chi connectivity index (χ2v) is 5.17. The van der Waals surface area contributed by atoms with E-state index in [1.165, 1.54) is 0 Å². The lowest BCUT2D eigenvalue weighted by atomic mass is 10.3. The van der Waals surface area contributed by atoms with Crippen molar-refractivity contribution in [3.63, 3.8) is 0 Å². The standard InChI is InChI=1S/C15H19N7O2/c16-18-11-13-19-14(22-6-9-23-10-7-22)21-15(20-13)24-8-4-12-3-1-2-5-17-12/h1-3,5,16H,4,6-11H2. The van der Waals surface area contributed by atoms with Crippen molar-refractivity contribution >= 4 is 5.95 Å². The van der Waals surface area contributed by atoms with Crippen LogP contribution in [0.5, 0.6) is 6.01 Å². The fourth-order valence-corrected chi connectivity index (χ4v) is 2.29. The van der Waals surface area contributed by atoms with Crippen molar-refractivity contribution in [1.29, 1.82) is 5.53 Å². The Bertz CT molecular complexity index is 662. The first kappa shape index (κ1) is 16.2. The number of ether oxygens (including phenoxy) is 2. The summed E-state index contributed by atoms with van der Waals surface area (Å²) in [6, 6.07) is 6.01. The third-order valence-electron chi connectivity index (χ3n) is 3.48. The van der Waals surface area contributed by atoms with E-state index in [2.05, 4.69) is 25.1 Å². The van der Waals surface area contributed by atoms with Crippen LogP contribution in [0.15, 0.2) is 29.5 Å². The van der Waals surface area contributed by atoms with Gasteiger partial charge >= 0.3 is 6.01 Å². The van der Waals surface area contributed by atoms with E-state index in [-0.39, 0.29) is 12.6 Å². The Labute approximate surface area is 139 Å². The van der Waals surface area contributed by atoms with Crippen LogP contribution in [0.4, 0.5) is 5.95 Å². The Balaban J connectivity index is 1.68. The molecule has 1 aliphatic heterocycles. The monoisotopic (exact) mass is 329 g/mol. The van der Waals surface area contributed by atoms with Crippen LogP contribution in [0, 0.1) is 5.53 Å². The minimum atomic E-state index is 0.108. The molecule has 0 amide bonds. The molecule has 0 aliphatic carbocycles. The minimum Gasteiger partial charge on any atom is -0.463 e. The van der Waals surface area contributed by atoms with Gasteiger partial charge in [0.2, 0.25) is 5.95 Å². The van der Waals surface area contributed by atoms with Crippen LogP contribution >= 0.6 is 0 Å². The molecule has 1 N–H and O–H groups in total.